The Morgan fingerprint density at radius 2 is 1.76 bits per heavy atom. The van der Waals surface area contributed by atoms with Gasteiger partial charge in [-0.15, -0.1) is 0 Å². The van der Waals surface area contributed by atoms with Crippen molar-refractivity contribution in [1.29, 1.82) is 0 Å². The molecule has 2 heterocycles. The van der Waals surface area contributed by atoms with Crippen LogP contribution in [0.2, 0.25) is 0 Å². The van der Waals surface area contributed by atoms with E-state index in [0.717, 1.165) is 48.7 Å². The number of ether oxygens (including phenoxy) is 1. The molecule has 5 nitrogen and oxygen atoms in total. The van der Waals surface area contributed by atoms with E-state index >= 15 is 0 Å². The number of aromatic nitrogens is 2. The van der Waals surface area contributed by atoms with Gasteiger partial charge in [0.25, 0.3) is 0 Å². The number of anilines is 3. The van der Waals surface area contributed by atoms with Crippen LogP contribution in [0.1, 0.15) is 11.1 Å². The molecule has 0 bridgehead atoms. The van der Waals surface area contributed by atoms with E-state index in [1.165, 1.54) is 11.1 Å². The molecule has 1 aromatic heterocycles. The predicted octanol–water partition coefficient (Wildman–Crippen LogP) is 3.83. The molecule has 0 unspecified atom stereocenters. The van der Waals surface area contributed by atoms with Crippen molar-refractivity contribution >= 4 is 28.4 Å². The summed E-state index contributed by atoms with van der Waals surface area (Å²) < 4.78 is 5.49. The van der Waals surface area contributed by atoms with Gasteiger partial charge in [0.05, 0.1) is 18.7 Å². The highest BCUT2D eigenvalue weighted by atomic mass is 16.5. The van der Waals surface area contributed by atoms with Crippen LogP contribution in [0.25, 0.3) is 10.9 Å². The third kappa shape index (κ3) is 3.15. The lowest BCUT2D eigenvalue weighted by Gasteiger charge is -2.29. The van der Waals surface area contributed by atoms with Gasteiger partial charge < -0.3 is 15.0 Å². The third-order valence-corrected chi connectivity index (χ3v) is 4.74. The predicted molar refractivity (Wildman–Crippen MR) is 102 cm³/mol. The van der Waals surface area contributed by atoms with E-state index < -0.39 is 0 Å². The zero-order valence-corrected chi connectivity index (χ0v) is 14.6. The Balaban J connectivity index is 1.77. The van der Waals surface area contributed by atoms with Gasteiger partial charge in [-0.3, -0.25) is 0 Å². The number of para-hydroxylation sites is 1. The fraction of sp³-hybridized carbons (Fsp3) is 0.300. The summed E-state index contributed by atoms with van der Waals surface area (Å²) in [6.45, 7) is 7.40. The van der Waals surface area contributed by atoms with Gasteiger partial charge in [0, 0.05) is 24.2 Å². The van der Waals surface area contributed by atoms with Gasteiger partial charge in [0.1, 0.15) is 5.82 Å². The molecule has 1 fully saturated rings. The van der Waals surface area contributed by atoms with Crippen LogP contribution < -0.4 is 10.2 Å². The topological polar surface area (TPSA) is 50.3 Å². The summed E-state index contributed by atoms with van der Waals surface area (Å²) >= 11 is 0. The minimum Gasteiger partial charge on any atom is -0.378 e. The van der Waals surface area contributed by atoms with E-state index in [4.69, 9.17) is 14.7 Å². The van der Waals surface area contributed by atoms with Crippen LogP contribution in [0.5, 0.6) is 0 Å². The Hall–Kier alpha value is -2.66. The van der Waals surface area contributed by atoms with Crippen molar-refractivity contribution in [1.82, 2.24) is 9.97 Å². The molecular formula is C20H22N4O. The fourth-order valence-corrected chi connectivity index (χ4v) is 3.14. The van der Waals surface area contributed by atoms with E-state index in [9.17, 15) is 0 Å². The number of hydrogen-bond acceptors (Lipinski definition) is 5. The number of fused-ring (bicyclic) bond motifs is 1. The first-order chi connectivity index (χ1) is 12.2. The van der Waals surface area contributed by atoms with Crippen LogP contribution in [0.15, 0.2) is 42.5 Å². The van der Waals surface area contributed by atoms with Crippen molar-refractivity contribution in [2.24, 2.45) is 0 Å². The average Bonchev–Trinajstić information content (AvgIpc) is 2.65. The Labute approximate surface area is 147 Å². The number of hydrogen-bond donors (Lipinski definition) is 1. The molecule has 1 aliphatic heterocycles. The van der Waals surface area contributed by atoms with Crippen molar-refractivity contribution < 1.29 is 4.74 Å². The summed E-state index contributed by atoms with van der Waals surface area (Å²) in [5.74, 6) is 1.61. The second kappa shape index (κ2) is 6.69. The normalized spacial score (nSPS) is 14.7. The largest absolute Gasteiger partial charge is 0.378 e. The quantitative estimate of drug-likeness (QED) is 0.789. The molecule has 25 heavy (non-hydrogen) atoms. The van der Waals surface area contributed by atoms with Crippen molar-refractivity contribution in [2.75, 3.05) is 36.5 Å². The highest BCUT2D eigenvalue weighted by Gasteiger charge is 2.17. The third-order valence-electron chi connectivity index (χ3n) is 4.74. The van der Waals surface area contributed by atoms with Crippen LogP contribution >= 0.6 is 0 Å². The van der Waals surface area contributed by atoms with Gasteiger partial charge >= 0.3 is 0 Å². The molecule has 4 rings (SSSR count). The minimum atomic E-state index is 0.633. The van der Waals surface area contributed by atoms with Crippen molar-refractivity contribution in [3.05, 3.63) is 53.6 Å². The summed E-state index contributed by atoms with van der Waals surface area (Å²) in [4.78, 5) is 11.8. The molecule has 0 spiro atoms. The van der Waals surface area contributed by atoms with E-state index in [0.29, 0.717) is 5.95 Å². The molecule has 1 saturated heterocycles. The van der Waals surface area contributed by atoms with Gasteiger partial charge in [-0.1, -0.05) is 24.3 Å². The molecule has 1 aliphatic rings. The molecule has 1 N–H and O–H groups in total. The second-order valence-electron chi connectivity index (χ2n) is 6.36. The summed E-state index contributed by atoms with van der Waals surface area (Å²) in [6.07, 6.45) is 0. The lowest BCUT2D eigenvalue weighted by Crippen LogP contribution is -2.37. The molecule has 0 amide bonds. The lowest BCUT2D eigenvalue weighted by molar-refractivity contribution is 0.122. The lowest BCUT2D eigenvalue weighted by atomic mass is 10.1. The van der Waals surface area contributed by atoms with Crippen LogP contribution in [0.4, 0.5) is 17.5 Å². The second-order valence-corrected chi connectivity index (χ2v) is 6.36. The zero-order chi connectivity index (χ0) is 17.2. The number of nitrogens with zero attached hydrogens (tertiary/aromatic N) is 3. The molecule has 0 atom stereocenters. The average molecular weight is 334 g/mol. The molecule has 0 radical (unpaired) electrons. The molecule has 2 aromatic carbocycles. The fourth-order valence-electron chi connectivity index (χ4n) is 3.14. The Bertz CT molecular complexity index is 903. The number of aryl methyl sites for hydroxylation is 1. The van der Waals surface area contributed by atoms with Crippen molar-refractivity contribution in [3.63, 3.8) is 0 Å². The van der Waals surface area contributed by atoms with Crippen LogP contribution in [0, 0.1) is 13.8 Å². The maximum atomic E-state index is 5.49. The monoisotopic (exact) mass is 334 g/mol. The SMILES string of the molecule is Cc1cccc(Nc2nc(N3CCOCC3)c3ccccc3n2)c1C. The van der Waals surface area contributed by atoms with Gasteiger partial charge in [-0.05, 0) is 43.2 Å². The Morgan fingerprint density at radius 3 is 2.60 bits per heavy atom. The molecule has 0 saturated carbocycles. The molecule has 5 heteroatoms. The van der Waals surface area contributed by atoms with E-state index in [2.05, 4.69) is 48.3 Å². The number of nitrogens with one attached hydrogen (secondary N) is 1. The first-order valence-corrected chi connectivity index (χ1v) is 8.65. The molecule has 128 valence electrons. The van der Waals surface area contributed by atoms with E-state index in [1.54, 1.807) is 0 Å². The highest BCUT2D eigenvalue weighted by molar-refractivity contribution is 5.90. The maximum Gasteiger partial charge on any atom is 0.229 e. The number of rotatable bonds is 3. The molecular weight excluding hydrogens is 312 g/mol. The molecule has 0 aliphatic carbocycles. The maximum absolute atomic E-state index is 5.49. The van der Waals surface area contributed by atoms with Crippen molar-refractivity contribution in [2.45, 2.75) is 13.8 Å². The van der Waals surface area contributed by atoms with Crippen molar-refractivity contribution in [3.8, 4) is 0 Å². The zero-order valence-electron chi connectivity index (χ0n) is 14.6. The number of morpholine rings is 1. The molecule has 3 aromatic rings. The van der Waals surface area contributed by atoms with E-state index in [1.807, 2.05) is 18.2 Å². The van der Waals surface area contributed by atoms with Crippen LogP contribution in [0.3, 0.4) is 0 Å². The Morgan fingerprint density at radius 1 is 0.960 bits per heavy atom. The van der Waals surface area contributed by atoms with Gasteiger partial charge in [0.2, 0.25) is 5.95 Å². The highest BCUT2D eigenvalue weighted by Crippen LogP contribution is 2.28. The van der Waals surface area contributed by atoms with Gasteiger partial charge in [0.15, 0.2) is 0 Å². The summed E-state index contributed by atoms with van der Waals surface area (Å²) in [7, 11) is 0. The van der Waals surface area contributed by atoms with Gasteiger partial charge in [-0.2, -0.15) is 4.98 Å². The standard InChI is InChI=1S/C20H22N4O/c1-14-6-5-9-17(15(14)2)21-20-22-18-8-4-3-7-16(18)19(23-20)24-10-12-25-13-11-24/h3-9H,10-13H2,1-2H3,(H,21,22,23). The smallest absolute Gasteiger partial charge is 0.229 e. The first-order valence-electron chi connectivity index (χ1n) is 8.65. The van der Waals surface area contributed by atoms with E-state index in [-0.39, 0.29) is 0 Å². The summed E-state index contributed by atoms with van der Waals surface area (Å²) in [5, 5.41) is 4.48. The minimum absolute atomic E-state index is 0.633. The number of benzene rings is 2. The summed E-state index contributed by atoms with van der Waals surface area (Å²) in [6, 6.07) is 14.4. The van der Waals surface area contributed by atoms with Crippen LogP contribution in [-0.2, 0) is 4.74 Å². The Kier molecular flexibility index (Phi) is 4.24. The first kappa shape index (κ1) is 15.8. The summed E-state index contributed by atoms with van der Waals surface area (Å²) in [5.41, 5.74) is 4.46. The van der Waals surface area contributed by atoms with Gasteiger partial charge in [-0.25, -0.2) is 4.98 Å². The van der Waals surface area contributed by atoms with Crippen LogP contribution in [-0.4, -0.2) is 36.3 Å².